The summed E-state index contributed by atoms with van der Waals surface area (Å²) in [7, 11) is 0. The molecule has 16 heavy (non-hydrogen) atoms. The van der Waals surface area contributed by atoms with Gasteiger partial charge < -0.3 is 5.32 Å². The molecule has 4 nitrogen and oxygen atoms in total. The fraction of sp³-hybridized carbons (Fsp3) is 0.167. The lowest BCUT2D eigenvalue weighted by Gasteiger charge is -1.98. The summed E-state index contributed by atoms with van der Waals surface area (Å²) in [5, 5.41) is 7.49. The van der Waals surface area contributed by atoms with Crippen molar-refractivity contribution in [2.24, 2.45) is 0 Å². The molecule has 0 aliphatic carbocycles. The van der Waals surface area contributed by atoms with E-state index in [4.69, 9.17) is 6.42 Å². The number of nitrogens with one attached hydrogen (secondary N) is 1. The van der Waals surface area contributed by atoms with Gasteiger partial charge in [-0.15, -0.1) is 6.42 Å². The highest BCUT2D eigenvalue weighted by Gasteiger charge is 2.04. The van der Waals surface area contributed by atoms with E-state index in [2.05, 4.69) is 21.3 Å². The predicted octanol–water partition coefficient (Wildman–Crippen LogP) is 1.62. The molecule has 4 heteroatoms. The lowest BCUT2D eigenvalue weighted by molar-refractivity contribution is 0.857. The van der Waals surface area contributed by atoms with Crippen LogP contribution in [0.3, 0.4) is 0 Å². The first kappa shape index (κ1) is 10.2. The lowest BCUT2D eigenvalue weighted by atomic mass is 10.4. The van der Waals surface area contributed by atoms with Crippen molar-refractivity contribution in [1.29, 1.82) is 0 Å². The van der Waals surface area contributed by atoms with E-state index in [0.29, 0.717) is 6.54 Å². The van der Waals surface area contributed by atoms with Crippen LogP contribution in [0.15, 0.2) is 30.7 Å². The van der Waals surface area contributed by atoms with Crippen LogP contribution in [0.25, 0.3) is 5.69 Å². The zero-order chi connectivity index (χ0) is 11.4. The van der Waals surface area contributed by atoms with Gasteiger partial charge in [-0.3, -0.25) is 4.98 Å². The molecule has 0 atom stereocenters. The first-order chi connectivity index (χ1) is 7.81. The van der Waals surface area contributed by atoms with Crippen LogP contribution in [0.1, 0.15) is 5.69 Å². The number of terminal acetylenes is 1. The van der Waals surface area contributed by atoms with Gasteiger partial charge in [-0.2, -0.15) is 5.10 Å². The second-order valence-corrected chi connectivity index (χ2v) is 3.34. The number of anilines is 1. The van der Waals surface area contributed by atoms with Gasteiger partial charge in [0.05, 0.1) is 36.0 Å². The van der Waals surface area contributed by atoms with E-state index in [-0.39, 0.29) is 0 Å². The van der Waals surface area contributed by atoms with Gasteiger partial charge in [-0.05, 0) is 19.1 Å². The summed E-state index contributed by atoms with van der Waals surface area (Å²) in [5.74, 6) is 2.53. The molecule has 0 amide bonds. The highest BCUT2D eigenvalue weighted by molar-refractivity contribution is 5.48. The Morgan fingerprint density at radius 3 is 3.12 bits per heavy atom. The fourth-order valence-electron chi connectivity index (χ4n) is 1.40. The number of nitrogens with zero attached hydrogens (tertiary/aromatic N) is 3. The zero-order valence-electron chi connectivity index (χ0n) is 9.01. The number of aromatic nitrogens is 3. The van der Waals surface area contributed by atoms with Crippen LogP contribution in [-0.2, 0) is 0 Å². The third kappa shape index (κ3) is 2.04. The summed E-state index contributed by atoms with van der Waals surface area (Å²) in [5.41, 5.74) is 2.79. The molecule has 0 unspecified atom stereocenters. The molecule has 0 radical (unpaired) electrons. The lowest BCUT2D eigenvalue weighted by Crippen LogP contribution is -1.98. The third-order valence-corrected chi connectivity index (χ3v) is 2.19. The van der Waals surface area contributed by atoms with Gasteiger partial charge in [-0.25, -0.2) is 4.68 Å². The summed E-state index contributed by atoms with van der Waals surface area (Å²) >= 11 is 0. The van der Waals surface area contributed by atoms with Gasteiger partial charge in [0, 0.05) is 6.20 Å². The van der Waals surface area contributed by atoms with E-state index in [0.717, 1.165) is 17.1 Å². The Bertz CT molecular complexity index is 508. The molecule has 1 N–H and O–H groups in total. The van der Waals surface area contributed by atoms with Gasteiger partial charge in [0.2, 0.25) is 0 Å². The second-order valence-electron chi connectivity index (χ2n) is 3.34. The fourth-order valence-corrected chi connectivity index (χ4v) is 1.40. The molecular formula is C12H12N4. The molecule has 0 fully saturated rings. The van der Waals surface area contributed by atoms with Crippen LogP contribution in [0.4, 0.5) is 5.69 Å². The number of hydrogen-bond donors (Lipinski definition) is 1. The van der Waals surface area contributed by atoms with Crippen LogP contribution < -0.4 is 5.32 Å². The quantitative estimate of drug-likeness (QED) is 0.786. The van der Waals surface area contributed by atoms with E-state index in [1.165, 1.54) is 0 Å². The second kappa shape index (κ2) is 4.49. The topological polar surface area (TPSA) is 42.7 Å². The molecule has 0 saturated carbocycles. The molecule has 2 rings (SSSR count). The maximum absolute atomic E-state index is 5.19. The van der Waals surface area contributed by atoms with Gasteiger partial charge in [0.1, 0.15) is 0 Å². The van der Waals surface area contributed by atoms with E-state index in [1.54, 1.807) is 17.1 Å². The summed E-state index contributed by atoms with van der Waals surface area (Å²) in [6.45, 7) is 2.44. The number of rotatable bonds is 3. The minimum atomic E-state index is 0.500. The van der Waals surface area contributed by atoms with E-state index >= 15 is 0 Å². The van der Waals surface area contributed by atoms with Gasteiger partial charge >= 0.3 is 0 Å². The highest BCUT2D eigenvalue weighted by Crippen LogP contribution is 2.15. The van der Waals surface area contributed by atoms with Gasteiger partial charge in [0.25, 0.3) is 0 Å². The van der Waals surface area contributed by atoms with Crippen LogP contribution in [0, 0.1) is 19.3 Å². The summed E-state index contributed by atoms with van der Waals surface area (Å²) in [6, 6.07) is 3.82. The molecule has 0 aliphatic rings. The van der Waals surface area contributed by atoms with Crippen molar-refractivity contribution in [3.63, 3.8) is 0 Å². The Balaban J connectivity index is 2.28. The third-order valence-electron chi connectivity index (χ3n) is 2.19. The van der Waals surface area contributed by atoms with Gasteiger partial charge in [-0.1, -0.05) is 5.92 Å². The Labute approximate surface area is 94.3 Å². The smallest absolute Gasteiger partial charge is 0.0829 e. The maximum Gasteiger partial charge on any atom is 0.0829 e. The van der Waals surface area contributed by atoms with Crippen molar-refractivity contribution in [3.05, 3.63) is 36.4 Å². The Morgan fingerprint density at radius 2 is 2.44 bits per heavy atom. The van der Waals surface area contributed by atoms with Crippen molar-refractivity contribution in [3.8, 4) is 18.0 Å². The molecule has 2 aromatic heterocycles. The van der Waals surface area contributed by atoms with E-state index < -0.39 is 0 Å². The first-order valence-electron chi connectivity index (χ1n) is 4.95. The molecule has 0 bridgehead atoms. The monoisotopic (exact) mass is 212 g/mol. The highest BCUT2D eigenvalue weighted by atomic mass is 15.3. The minimum Gasteiger partial charge on any atom is -0.371 e. The minimum absolute atomic E-state index is 0.500. The Kier molecular flexibility index (Phi) is 2.88. The largest absolute Gasteiger partial charge is 0.371 e. The number of aryl methyl sites for hydroxylation is 1. The first-order valence-corrected chi connectivity index (χ1v) is 4.95. The van der Waals surface area contributed by atoms with E-state index in [1.807, 2.05) is 25.3 Å². The normalized spacial score (nSPS) is 9.75. The molecule has 2 aromatic rings. The van der Waals surface area contributed by atoms with Crippen LogP contribution in [-0.4, -0.2) is 21.3 Å². The molecule has 0 aliphatic heterocycles. The van der Waals surface area contributed by atoms with Crippen molar-refractivity contribution in [2.45, 2.75) is 6.92 Å². The predicted molar refractivity (Wildman–Crippen MR) is 63.4 cm³/mol. The average molecular weight is 212 g/mol. The van der Waals surface area contributed by atoms with Crippen molar-refractivity contribution in [1.82, 2.24) is 14.8 Å². The molecule has 0 aromatic carbocycles. The van der Waals surface area contributed by atoms with Crippen LogP contribution in [0.5, 0.6) is 0 Å². The SMILES string of the molecule is C#CCNc1cn(-c2cccnc2)nc1C. The molecule has 2 heterocycles. The molecule has 0 spiro atoms. The molecule has 80 valence electrons. The van der Waals surface area contributed by atoms with Crippen LogP contribution in [0.2, 0.25) is 0 Å². The van der Waals surface area contributed by atoms with Crippen LogP contribution >= 0.6 is 0 Å². The maximum atomic E-state index is 5.19. The number of pyridine rings is 1. The van der Waals surface area contributed by atoms with Gasteiger partial charge in [0.15, 0.2) is 0 Å². The molecule has 0 saturated heterocycles. The summed E-state index contributed by atoms with van der Waals surface area (Å²) < 4.78 is 1.78. The average Bonchev–Trinajstić information content (AvgIpc) is 2.69. The summed E-state index contributed by atoms with van der Waals surface area (Å²) in [6.07, 6.45) is 10.6. The zero-order valence-corrected chi connectivity index (χ0v) is 9.01. The molecular weight excluding hydrogens is 200 g/mol. The van der Waals surface area contributed by atoms with Crippen molar-refractivity contribution >= 4 is 5.69 Å². The Hall–Kier alpha value is -2.28. The Morgan fingerprint density at radius 1 is 1.56 bits per heavy atom. The number of hydrogen-bond acceptors (Lipinski definition) is 3. The summed E-state index contributed by atoms with van der Waals surface area (Å²) in [4.78, 5) is 4.05. The standard InChI is InChI=1S/C12H12N4/c1-3-6-14-12-9-16(15-10(12)2)11-5-4-7-13-8-11/h1,4-5,7-9,14H,6H2,2H3. The van der Waals surface area contributed by atoms with E-state index in [9.17, 15) is 0 Å². The van der Waals surface area contributed by atoms with Crippen molar-refractivity contribution < 1.29 is 0 Å². The van der Waals surface area contributed by atoms with Crippen molar-refractivity contribution in [2.75, 3.05) is 11.9 Å².